The molecule has 288 valence electrons. The van der Waals surface area contributed by atoms with Crippen LogP contribution >= 0.6 is 23.5 Å². The first-order valence-corrected chi connectivity index (χ1v) is 26.0. The van der Waals surface area contributed by atoms with E-state index in [1.165, 1.54) is 21.5 Å². The SMILES string of the molecule is CC1=CCC(SC(C)(C)C)([Si](C)(C)C2=[C-]CC=C2)C(C(C)(C)C)=C1.CC1=CCC(SC(C)(C)C)([Si](C)(C)C2=[C-]CC=C2)C(C(C)(C)C)=C1.[Cl-].[Cl-].[Ti+2].[Ti+2]. The van der Waals surface area contributed by atoms with Gasteiger partial charge in [-0.15, -0.1) is 36.4 Å². The molecule has 4 aliphatic carbocycles. The molecule has 0 saturated heterocycles. The van der Waals surface area contributed by atoms with E-state index in [4.69, 9.17) is 0 Å². The fourth-order valence-corrected chi connectivity index (χ4v) is 22.5. The minimum Gasteiger partial charge on any atom is -1.00 e. The van der Waals surface area contributed by atoms with Crippen LogP contribution in [0.4, 0.5) is 0 Å². The van der Waals surface area contributed by atoms with Gasteiger partial charge >= 0.3 is 43.4 Å². The quantitative estimate of drug-likeness (QED) is 0.196. The van der Waals surface area contributed by atoms with E-state index in [0.717, 1.165) is 25.7 Å². The molecule has 4 rings (SSSR count). The third kappa shape index (κ3) is 12.5. The molecule has 2 atom stereocenters. The maximum atomic E-state index is 3.69. The molecule has 0 heterocycles. The molecular formula is C44H70Cl2S2Si2Ti2. The van der Waals surface area contributed by atoms with Gasteiger partial charge in [-0.25, -0.2) is 22.5 Å². The molecule has 0 N–H and O–H groups in total. The predicted molar refractivity (Wildman–Crippen MR) is 228 cm³/mol. The number of halogens is 2. The van der Waals surface area contributed by atoms with Gasteiger partial charge in [-0.3, -0.25) is 12.2 Å². The fraction of sp³-hybridized carbons (Fsp3) is 0.636. The summed E-state index contributed by atoms with van der Waals surface area (Å²) in [5.41, 5.74) is 6.49. The van der Waals surface area contributed by atoms with Crippen molar-refractivity contribution in [3.63, 3.8) is 0 Å². The van der Waals surface area contributed by atoms with E-state index in [9.17, 15) is 0 Å². The second-order valence-corrected chi connectivity index (χ2v) is 33.9. The van der Waals surface area contributed by atoms with Crippen molar-refractivity contribution >= 4 is 39.7 Å². The summed E-state index contributed by atoms with van der Waals surface area (Å²) >= 11 is 4.42. The van der Waals surface area contributed by atoms with Gasteiger partial charge in [-0.1, -0.05) is 156 Å². The van der Waals surface area contributed by atoms with Gasteiger partial charge in [0.15, 0.2) is 0 Å². The zero-order chi connectivity index (χ0) is 36.8. The van der Waals surface area contributed by atoms with Crippen molar-refractivity contribution in [2.45, 2.75) is 167 Å². The minimum atomic E-state index is -1.76. The molecule has 0 aromatic heterocycles. The van der Waals surface area contributed by atoms with E-state index in [0.29, 0.717) is 0 Å². The van der Waals surface area contributed by atoms with E-state index in [-0.39, 0.29) is 97.3 Å². The molecule has 0 nitrogen and oxygen atoms in total. The molecule has 4 aliphatic rings. The summed E-state index contributed by atoms with van der Waals surface area (Å²) in [6, 6.07) is 0. The van der Waals surface area contributed by atoms with Crippen LogP contribution in [0.2, 0.25) is 26.2 Å². The van der Waals surface area contributed by atoms with E-state index >= 15 is 0 Å². The van der Waals surface area contributed by atoms with Crippen molar-refractivity contribution in [2.24, 2.45) is 10.8 Å². The maximum Gasteiger partial charge on any atom is 2.00 e. The van der Waals surface area contributed by atoms with Crippen molar-refractivity contribution in [2.75, 3.05) is 0 Å². The Morgan fingerprint density at radius 3 is 1.06 bits per heavy atom. The van der Waals surface area contributed by atoms with Crippen LogP contribution < -0.4 is 24.8 Å². The summed E-state index contributed by atoms with van der Waals surface area (Å²) in [6.45, 7) is 43.4. The Balaban J connectivity index is 0. The normalized spacial score (nSPS) is 23.5. The second-order valence-electron chi connectivity index (χ2n) is 19.6. The zero-order valence-corrected chi connectivity index (χ0v) is 44.3. The van der Waals surface area contributed by atoms with Crippen molar-refractivity contribution in [3.05, 3.63) is 93.4 Å². The zero-order valence-electron chi connectivity index (χ0n) is 36.0. The van der Waals surface area contributed by atoms with Gasteiger partial charge in [0.2, 0.25) is 0 Å². The van der Waals surface area contributed by atoms with Crippen molar-refractivity contribution < 1.29 is 68.2 Å². The van der Waals surface area contributed by atoms with Crippen molar-refractivity contribution in [1.82, 2.24) is 0 Å². The van der Waals surface area contributed by atoms with Crippen LogP contribution in [0.25, 0.3) is 0 Å². The molecule has 0 amide bonds. The van der Waals surface area contributed by atoms with E-state index in [1.807, 2.05) is 0 Å². The summed E-state index contributed by atoms with van der Waals surface area (Å²) < 4.78 is 0.854. The Hall–Kier alpha value is 1.06. The standard InChI is InChI=1S/2C22H35SSi.2ClH.2Ti/c2*1-17-14-15-22(23-21(5,6)7,19(16-17)20(2,3)4)24(8,9)18-12-10-11-13-18;;;;/h2*10,12,14,16H,11,15H2,1-9H3;2*1H;;/q2*-1;;;2*+2/p-2. The summed E-state index contributed by atoms with van der Waals surface area (Å²) in [5, 5.41) is 3.03. The molecule has 0 radical (unpaired) electrons. The van der Waals surface area contributed by atoms with Crippen LogP contribution in [-0.2, 0) is 43.4 Å². The monoisotopic (exact) mass is 884 g/mol. The predicted octanol–water partition coefficient (Wildman–Crippen LogP) is 8.11. The third-order valence-corrected chi connectivity index (χ3v) is 25.1. The molecule has 0 aromatic carbocycles. The van der Waals surface area contributed by atoms with Gasteiger partial charge in [-0.05, 0) is 37.5 Å². The van der Waals surface area contributed by atoms with Gasteiger partial charge in [-0.2, -0.15) is 12.2 Å². The molecule has 0 bridgehead atoms. The molecule has 52 heavy (non-hydrogen) atoms. The minimum absolute atomic E-state index is 0. The van der Waals surface area contributed by atoms with Gasteiger partial charge in [0.1, 0.15) is 0 Å². The van der Waals surface area contributed by atoms with Crippen LogP contribution in [0.5, 0.6) is 0 Å². The van der Waals surface area contributed by atoms with Crippen LogP contribution in [0, 0.1) is 23.0 Å². The number of rotatable bonds is 6. The molecule has 2 unspecified atom stereocenters. The summed E-state index contributed by atoms with van der Waals surface area (Å²) in [6.07, 6.45) is 30.9. The van der Waals surface area contributed by atoms with Gasteiger partial charge < -0.3 is 24.8 Å². The largest absolute Gasteiger partial charge is 2.00 e. The van der Waals surface area contributed by atoms with E-state index in [1.54, 1.807) is 11.1 Å². The maximum absolute atomic E-state index is 3.69. The Bertz CT molecular complexity index is 1370. The molecular weight excluding hydrogens is 815 g/mol. The molecule has 0 aliphatic heterocycles. The van der Waals surface area contributed by atoms with Crippen LogP contribution in [0.1, 0.15) is 123 Å². The third-order valence-electron chi connectivity index (χ3n) is 10.4. The second kappa shape index (κ2) is 19.7. The van der Waals surface area contributed by atoms with Gasteiger partial charge in [0, 0.05) is 18.2 Å². The summed E-state index contributed by atoms with van der Waals surface area (Å²) in [7, 11) is -3.53. The Morgan fingerprint density at radius 2 is 0.846 bits per heavy atom. The Labute approximate surface area is 375 Å². The Kier molecular flexibility index (Phi) is 20.9. The molecule has 0 fully saturated rings. The van der Waals surface area contributed by atoms with Crippen molar-refractivity contribution in [1.29, 1.82) is 0 Å². The summed E-state index contributed by atoms with van der Waals surface area (Å²) in [5.74, 6) is 0. The van der Waals surface area contributed by atoms with E-state index in [2.05, 4.69) is 207 Å². The molecule has 0 aromatic rings. The first kappa shape index (κ1) is 55.2. The van der Waals surface area contributed by atoms with Crippen LogP contribution in [0.15, 0.2) is 81.3 Å². The number of allylic oxidation sites excluding steroid dienone is 14. The first-order valence-electron chi connectivity index (χ1n) is 18.3. The average molecular weight is 886 g/mol. The van der Waals surface area contributed by atoms with Gasteiger partial charge in [0.05, 0.1) is 16.1 Å². The van der Waals surface area contributed by atoms with Gasteiger partial charge in [0.25, 0.3) is 0 Å². The molecule has 0 spiro atoms. The van der Waals surface area contributed by atoms with Crippen LogP contribution in [0.3, 0.4) is 0 Å². The topological polar surface area (TPSA) is 0 Å². The van der Waals surface area contributed by atoms with E-state index < -0.39 is 16.1 Å². The average Bonchev–Trinajstić information content (AvgIpc) is 3.64. The van der Waals surface area contributed by atoms with Crippen molar-refractivity contribution in [3.8, 4) is 0 Å². The fourth-order valence-electron chi connectivity index (χ4n) is 8.06. The summed E-state index contributed by atoms with van der Waals surface area (Å²) in [4.78, 5) is 0. The molecule has 8 heteroatoms. The van der Waals surface area contributed by atoms with Crippen LogP contribution in [-0.4, -0.2) is 34.4 Å². The number of thioether (sulfide) groups is 2. The number of hydrogen-bond acceptors (Lipinski definition) is 2. The Morgan fingerprint density at radius 1 is 0.558 bits per heavy atom. The smallest absolute Gasteiger partial charge is 1.00 e. The molecule has 0 saturated carbocycles. The number of hydrogen-bond donors (Lipinski definition) is 0. The first-order chi connectivity index (χ1) is 21.6.